The van der Waals surface area contributed by atoms with Crippen LogP contribution in [0.2, 0.25) is 0 Å². The number of hydrogen-bond donors (Lipinski definition) is 0. The molecule has 1 heterocycles. The molecule has 0 aliphatic heterocycles. The monoisotopic (exact) mass is 387 g/mol. The van der Waals surface area contributed by atoms with Crippen molar-refractivity contribution in [1.82, 2.24) is 9.55 Å². The molecule has 20 heavy (non-hydrogen) atoms. The molecule has 0 aliphatic carbocycles. The minimum atomic E-state index is -0.573. The molecule has 0 aliphatic rings. The van der Waals surface area contributed by atoms with E-state index in [-0.39, 0.29) is 39.7 Å². The maximum absolute atomic E-state index is 4.93. The predicted molar refractivity (Wildman–Crippen MR) is 93.0 cm³/mol. The summed E-state index contributed by atoms with van der Waals surface area (Å²) >= 11 is 0. The van der Waals surface area contributed by atoms with Gasteiger partial charge in [0.2, 0.25) is 0 Å². The minimum absolute atomic E-state index is 0. The van der Waals surface area contributed by atoms with Crippen LogP contribution in [0.5, 0.6) is 0 Å². The molecule has 119 valence electrons. The van der Waals surface area contributed by atoms with Crippen LogP contribution in [0.15, 0.2) is 6.20 Å². The fraction of sp³-hybridized carbons (Fsp3) is 0.688. The van der Waals surface area contributed by atoms with Gasteiger partial charge in [0.05, 0.1) is 24.9 Å². The van der Waals surface area contributed by atoms with E-state index in [1.165, 1.54) is 11.3 Å². The van der Waals surface area contributed by atoms with E-state index >= 15 is 0 Å². The third-order valence-electron chi connectivity index (χ3n) is 3.15. The summed E-state index contributed by atoms with van der Waals surface area (Å²) in [6.45, 7) is 16.0. The van der Waals surface area contributed by atoms with Gasteiger partial charge < -0.3 is 19.4 Å². The van der Waals surface area contributed by atoms with Gasteiger partial charge in [-0.25, -0.2) is 4.98 Å². The van der Waals surface area contributed by atoms with E-state index in [1.54, 1.807) is 0 Å². The summed E-state index contributed by atoms with van der Waals surface area (Å²) in [5.41, 5.74) is 4.17. The Balaban J connectivity index is -0.000000963. The second kappa shape index (κ2) is 9.32. The molecular formula is C16H34N2PRu+2. The van der Waals surface area contributed by atoms with Gasteiger partial charge in [-0.05, 0) is 27.7 Å². The van der Waals surface area contributed by atoms with E-state index in [2.05, 4.69) is 66.3 Å². The molecule has 0 fully saturated rings. The van der Waals surface area contributed by atoms with E-state index < -0.39 is 7.92 Å². The zero-order valence-electron chi connectivity index (χ0n) is 15.0. The van der Waals surface area contributed by atoms with Crippen LogP contribution in [0.3, 0.4) is 0 Å². The molecule has 1 rings (SSSR count). The first-order valence-electron chi connectivity index (χ1n) is 6.55. The Morgan fingerprint density at radius 3 is 1.70 bits per heavy atom. The summed E-state index contributed by atoms with van der Waals surface area (Å²) in [4.78, 5) is 4.93. The van der Waals surface area contributed by atoms with Crippen LogP contribution in [-0.2, 0) is 31.9 Å². The van der Waals surface area contributed by atoms with Crippen LogP contribution < -0.4 is 5.57 Å². The number of nitrogens with zero attached hydrogens (tertiary/aromatic N) is 2. The first-order valence-corrected chi connectivity index (χ1v) is 8.21. The number of imidazole rings is 1. The Morgan fingerprint density at radius 2 is 1.45 bits per heavy atom. The quantitative estimate of drug-likeness (QED) is 0.431. The van der Waals surface area contributed by atoms with Gasteiger partial charge in [-0.2, -0.15) is 0 Å². The normalized spacial score (nSPS) is 11.2. The maximum atomic E-state index is 4.93. The van der Waals surface area contributed by atoms with Crippen molar-refractivity contribution >= 4 is 13.5 Å². The zero-order chi connectivity index (χ0) is 13.4. The van der Waals surface area contributed by atoms with Crippen molar-refractivity contribution in [3.8, 4) is 0 Å². The summed E-state index contributed by atoms with van der Waals surface area (Å²) in [5.74, 6) is 0. The smallest absolute Gasteiger partial charge is 0.358 e. The first-order chi connectivity index (χ1) is 7.64. The van der Waals surface area contributed by atoms with Crippen molar-refractivity contribution in [1.29, 1.82) is 0 Å². The molecule has 0 spiro atoms. The van der Waals surface area contributed by atoms with Gasteiger partial charge in [0.1, 0.15) is 0 Å². The van der Waals surface area contributed by atoms with Gasteiger partial charge >= 0.3 is 19.5 Å². The average molecular weight is 387 g/mol. The van der Waals surface area contributed by atoms with Gasteiger partial charge in [-0.15, -0.1) is 0 Å². The Hall–Kier alpha value is 0.263. The van der Waals surface area contributed by atoms with Crippen LogP contribution in [-0.4, -0.2) is 20.9 Å². The van der Waals surface area contributed by atoms with E-state index in [0.29, 0.717) is 0 Å². The number of aryl methyl sites for hydroxylation is 1. The molecule has 0 N–H and O–H groups in total. The number of aromatic nitrogens is 2. The van der Waals surface area contributed by atoms with Crippen LogP contribution in [0.4, 0.5) is 0 Å². The fourth-order valence-electron chi connectivity index (χ4n) is 2.28. The molecule has 4 heteroatoms. The molecule has 0 amide bonds. The molecule has 0 bridgehead atoms. The van der Waals surface area contributed by atoms with Crippen LogP contribution >= 0.6 is 7.92 Å². The molecule has 0 atom stereocenters. The summed E-state index contributed by atoms with van der Waals surface area (Å²) in [6, 6.07) is 0. The Morgan fingerprint density at radius 1 is 1.05 bits per heavy atom. The largest absolute Gasteiger partial charge is 3.00 e. The summed E-state index contributed by atoms with van der Waals surface area (Å²) in [6.07, 6.45) is 2.21. The van der Waals surface area contributed by atoms with Crippen molar-refractivity contribution in [2.75, 3.05) is 0 Å². The Labute approximate surface area is 141 Å². The van der Waals surface area contributed by atoms with Crippen molar-refractivity contribution < 1.29 is 19.5 Å². The SMILES string of the molecule is CC(C)[PH+](c1nc(C(C)(C)C)cn1C)C(C)C.[CH3-].[CH3-].[Ru+3]. The first kappa shape index (κ1) is 25.2. The van der Waals surface area contributed by atoms with E-state index in [1.807, 2.05) is 0 Å². The topological polar surface area (TPSA) is 17.8 Å². The van der Waals surface area contributed by atoms with E-state index in [0.717, 1.165) is 11.3 Å². The average Bonchev–Trinajstić information content (AvgIpc) is 2.46. The van der Waals surface area contributed by atoms with Gasteiger partial charge in [-0.1, -0.05) is 20.8 Å². The van der Waals surface area contributed by atoms with Crippen LogP contribution in [0, 0.1) is 14.9 Å². The van der Waals surface area contributed by atoms with Gasteiger partial charge in [0.15, 0.2) is 0 Å². The molecule has 0 aromatic carbocycles. The minimum Gasteiger partial charge on any atom is -0.358 e. The fourth-order valence-corrected chi connectivity index (χ4v) is 5.37. The second-order valence-corrected chi connectivity index (χ2v) is 10.2. The van der Waals surface area contributed by atoms with Gasteiger partial charge in [-0.3, -0.25) is 0 Å². The second-order valence-electron chi connectivity index (χ2n) is 6.58. The number of hydrogen-bond acceptors (Lipinski definition) is 1. The summed E-state index contributed by atoms with van der Waals surface area (Å²) in [7, 11) is 1.57. The molecule has 2 nitrogen and oxygen atoms in total. The molecular weight excluding hydrogens is 352 g/mol. The van der Waals surface area contributed by atoms with Crippen molar-refractivity contribution in [3.63, 3.8) is 0 Å². The van der Waals surface area contributed by atoms with Gasteiger partial charge in [0, 0.05) is 18.7 Å². The molecule has 1 aromatic heterocycles. The molecule has 0 saturated heterocycles. The summed E-state index contributed by atoms with van der Waals surface area (Å²) < 4.78 is 2.26. The van der Waals surface area contributed by atoms with E-state index in [4.69, 9.17) is 4.98 Å². The Bertz CT molecular complexity index is 370. The third kappa shape index (κ3) is 5.94. The van der Waals surface area contributed by atoms with Crippen molar-refractivity contribution in [2.45, 2.75) is 65.2 Å². The molecule has 0 saturated carbocycles. The van der Waals surface area contributed by atoms with Crippen LogP contribution in [0.25, 0.3) is 0 Å². The molecule has 0 unspecified atom stereocenters. The predicted octanol–water partition coefficient (Wildman–Crippen LogP) is 4.27. The third-order valence-corrected chi connectivity index (χ3v) is 6.62. The van der Waals surface area contributed by atoms with Crippen molar-refractivity contribution in [3.05, 3.63) is 26.7 Å². The number of rotatable bonds is 3. The summed E-state index contributed by atoms with van der Waals surface area (Å²) in [5, 5.41) is 0. The molecule has 1 radical (unpaired) electrons. The zero-order valence-corrected chi connectivity index (χ0v) is 17.7. The van der Waals surface area contributed by atoms with Crippen molar-refractivity contribution in [2.24, 2.45) is 7.05 Å². The maximum Gasteiger partial charge on any atom is 3.00 e. The van der Waals surface area contributed by atoms with Crippen LogP contribution in [0.1, 0.15) is 54.2 Å². The molecule has 1 aromatic rings. The Kier molecular flexibility index (Phi) is 11.8. The van der Waals surface area contributed by atoms with E-state index in [9.17, 15) is 0 Å². The standard InChI is InChI=1S/C14H27N2P.2CH3.Ru/c1-10(2)17(11(3)4)13-15-12(9-16(13)8)14(5,6)7;;;/h9-11H,1-8H3;2*1H3;/q;2*-1;+3/p+1. The van der Waals surface area contributed by atoms with Gasteiger partial charge in [0.25, 0.3) is 5.57 Å².